The molecule has 1 unspecified atom stereocenters. The van der Waals surface area contributed by atoms with Crippen LogP contribution < -0.4 is 5.32 Å². The molecule has 1 aromatic carbocycles. The minimum atomic E-state index is -0.908. The van der Waals surface area contributed by atoms with Gasteiger partial charge >= 0.3 is 5.97 Å². The first kappa shape index (κ1) is 25.3. The van der Waals surface area contributed by atoms with E-state index in [1.54, 1.807) is 31.7 Å². The van der Waals surface area contributed by atoms with Crippen molar-refractivity contribution in [2.75, 3.05) is 33.3 Å². The van der Waals surface area contributed by atoms with Crippen LogP contribution in [0.3, 0.4) is 0 Å². The van der Waals surface area contributed by atoms with E-state index in [0.717, 1.165) is 0 Å². The number of likely N-dealkylation sites (N-methyl/N-ethyl adjacent to an activating group) is 1. The van der Waals surface area contributed by atoms with Gasteiger partial charge in [0.05, 0.1) is 24.6 Å². The molecule has 3 amide bonds. The minimum absolute atomic E-state index is 0.144. The number of piperidine rings is 1. The summed E-state index contributed by atoms with van der Waals surface area (Å²) in [4.78, 5) is 52.9. The van der Waals surface area contributed by atoms with Crippen LogP contribution in [-0.4, -0.2) is 72.8 Å². The number of rotatable bonds is 8. The molecule has 2 rings (SSSR count). The Morgan fingerprint density at radius 1 is 1.19 bits per heavy atom. The zero-order chi connectivity index (χ0) is 23.8. The summed E-state index contributed by atoms with van der Waals surface area (Å²) in [5.41, 5.74) is -0.144. The fraction of sp³-hybridized carbons (Fsp3) is 0.565. The van der Waals surface area contributed by atoms with Crippen LogP contribution in [0.5, 0.6) is 0 Å². The van der Waals surface area contributed by atoms with Crippen LogP contribution in [0.2, 0.25) is 0 Å². The minimum Gasteiger partial charge on any atom is -0.466 e. The van der Waals surface area contributed by atoms with Crippen molar-refractivity contribution >= 4 is 23.7 Å². The molecule has 0 radical (unpaired) electrons. The number of carbonyl (C=O) groups excluding carboxylic acids is 4. The van der Waals surface area contributed by atoms with Gasteiger partial charge in [-0.3, -0.25) is 19.2 Å². The third-order valence-electron chi connectivity index (χ3n) is 5.55. The summed E-state index contributed by atoms with van der Waals surface area (Å²) < 4.78 is 19.0. The normalized spacial score (nSPS) is 15.2. The predicted octanol–water partition coefficient (Wildman–Crippen LogP) is 1.84. The number of likely N-dealkylation sites (tertiary alicyclic amines) is 1. The van der Waals surface area contributed by atoms with Crippen molar-refractivity contribution in [2.45, 2.75) is 39.7 Å². The van der Waals surface area contributed by atoms with Gasteiger partial charge in [0.25, 0.3) is 5.91 Å². The number of benzene rings is 1. The van der Waals surface area contributed by atoms with Crippen LogP contribution in [0, 0.1) is 17.7 Å². The molecule has 0 aliphatic carbocycles. The number of amides is 3. The maximum Gasteiger partial charge on any atom is 0.309 e. The summed E-state index contributed by atoms with van der Waals surface area (Å²) in [5.74, 6) is -2.73. The Hall–Kier alpha value is -2.97. The summed E-state index contributed by atoms with van der Waals surface area (Å²) in [6.07, 6.45) is 1.05. The number of hydrogen-bond donors (Lipinski definition) is 1. The lowest BCUT2D eigenvalue weighted by Crippen LogP contribution is -2.53. The largest absolute Gasteiger partial charge is 0.466 e. The molecular weight excluding hydrogens is 417 g/mol. The van der Waals surface area contributed by atoms with Gasteiger partial charge in [0.2, 0.25) is 11.8 Å². The highest BCUT2D eigenvalue weighted by molar-refractivity contribution is 5.98. The Morgan fingerprint density at radius 2 is 1.81 bits per heavy atom. The smallest absolute Gasteiger partial charge is 0.309 e. The van der Waals surface area contributed by atoms with Gasteiger partial charge in [-0.15, -0.1) is 0 Å². The quantitative estimate of drug-likeness (QED) is 0.611. The zero-order valence-electron chi connectivity index (χ0n) is 19.1. The maximum absolute atomic E-state index is 13.9. The second-order valence-corrected chi connectivity index (χ2v) is 8.28. The first-order chi connectivity index (χ1) is 15.1. The van der Waals surface area contributed by atoms with Crippen molar-refractivity contribution in [1.82, 2.24) is 15.1 Å². The van der Waals surface area contributed by atoms with E-state index in [1.807, 2.05) is 0 Å². The monoisotopic (exact) mass is 449 g/mol. The number of nitrogens with zero attached hydrogens (tertiary/aromatic N) is 2. The standard InChI is InChI=1S/C23H32FN3O5/c1-5-32-23(31)16-10-12-27(13-11-16)19(28)14-26(4)22(30)20(15(2)3)25-21(29)17-8-6-7-9-18(17)24/h6-9,15-16,20H,5,10-14H2,1-4H3,(H,25,29). The Balaban J connectivity index is 1.94. The molecule has 1 aromatic rings. The highest BCUT2D eigenvalue weighted by Crippen LogP contribution is 2.19. The number of nitrogens with one attached hydrogen (secondary N) is 1. The van der Waals surface area contributed by atoms with Crippen LogP contribution in [0.1, 0.15) is 44.0 Å². The molecule has 1 atom stereocenters. The Labute approximate surface area is 188 Å². The molecule has 9 heteroatoms. The Kier molecular flexibility index (Phi) is 9.16. The Bertz CT molecular complexity index is 837. The molecule has 1 aliphatic heterocycles. The lowest BCUT2D eigenvalue weighted by Gasteiger charge is -2.33. The molecule has 0 bridgehead atoms. The van der Waals surface area contributed by atoms with E-state index in [0.29, 0.717) is 32.5 Å². The summed E-state index contributed by atoms with van der Waals surface area (Å²) >= 11 is 0. The van der Waals surface area contributed by atoms with Gasteiger partial charge in [0.1, 0.15) is 11.9 Å². The molecule has 1 fully saturated rings. The molecular formula is C23H32FN3O5. The van der Waals surface area contributed by atoms with Crippen molar-refractivity contribution in [2.24, 2.45) is 11.8 Å². The predicted molar refractivity (Wildman–Crippen MR) is 116 cm³/mol. The average Bonchev–Trinajstić information content (AvgIpc) is 2.77. The number of halogens is 1. The number of ether oxygens (including phenoxy) is 1. The van der Waals surface area contributed by atoms with E-state index < -0.39 is 23.7 Å². The Morgan fingerprint density at radius 3 is 2.38 bits per heavy atom. The summed E-state index contributed by atoms with van der Waals surface area (Å²) in [6, 6.07) is 4.64. The van der Waals surface area contributed by atoms with E-state index in [-0.39, 0.29) is 35.8 Å². The van der Waals surface area contributed by atoms with Crippen molar-refractivity contribution < 1.29 is 28.3 Å². The van der Waals surface area contributed by atoms with Gasteiger partial charge in [0.15, 0.2) is 0 Å². The van der Waals surface area contributed by atoms with E-state index >= 15 is 0 Å². The third-order valence-corrected chi connectivity index (χ3v) is 5.55. The van der Waals surface area contributed by atoms with Crippen molar-refractivity contribution in [3.8, 4) is 0 Å². The molecule has 8 nitrogen and oxygen atoms in total. The molecule has 0 aromatic heterocycles. The maximum atomic E-state index is 13.9. The van der Waals surface area contributed by atoms with Crippen LogP contribution in [0.15, 0.2) is 24.3 Å². The highest BCUT2D eigenvalue weighted by Gasteiger charge is 2.32. The van der Waals surface area contributed by atoms with Gasteiger partial charge in [-0.2, -0.15) is 0 Å². The average molecular weight is 450 g/mol. The number of esters is 1. The summed E-state index contributed by atoms with van der Waals surface area (Å²) in [6.45, 7) is 6.30. The highest BCUT2D eigenvalue weighted by atomic mass is 19.1. The lowest BCUT2D eigenvalue weighted by molar-refractivity contribution is -0.151. The van der Waals surface area contributed by atoms with E-state index in [2.05, 4.69) is 5.32 Å². The van der Waals surface area contributed by atoms with Gasteiger partial charge < -0.3 is 19.9 Å². The summed E-state index contributed by atoms with van der Waals surface area (Å²) in [7, 11) is 1.50. The topological polar surface area (TPSA) is 96.0 Å². The first-order valence-electron chi connectivity index (χ1n) is 10.9. The van der Waals surface area contributed by atoms with Crippen LogP contribution in [0.4, 0.5) is 4.39 Å². The van der Waals surface area contributed by atoms with Crippen LogP contribution in [0.25, 0.3) is 0 Å². The van der Waals surface area contributed by atoms with Crippen LogP contribution >= 0.6 is 0 Å². The van der Waals surface area contributed by atoms with E-state index in [1.165, 1.54) is 30.1 Å². The van der Waals surface area contributed by atoms with Gasteiger partial charge in [-0.1, -0.05) is 26.0 Å². The number of carbonyl (C=O) groups is 4. The zero-order valence-corrected chi connectivity index (χ0v) is 19.1. The molecule has 1 aliphatic rings. The SMILES string of the molecule is CCOC(=O)C1CCN(C(=O)CN(C)C(=O)C(NC(=O)c2ccccc2F)C(C)C)CC1. The lowest BCUT2D eigenvalue weighted by atomic mass is 9.97. The molecule has 1 heterocycles. The third kappa shape index (κ3) is 6.51. The van der Waals surface area contributed by atoms with E-state index in [4.69, 9.17) is 4.74 Å². The van der Waals surface area contributed by atoms with Crippen molar-refractivity contribution in [3.63, 3.8) is 0 Å². The van der Waals surface area contributed by atoms with Gasteiger partial charge in [0, 0.05) is 20.1 Å². The second kappa shape index (κ2) is 11.6. The van der Waals surface area contributed by atoms with Crippen molar-refractivity contribution in [1.29, 1.82) is 0 Å². The molecule has 1 N–H and O–H groups in total. The van der Waals surface area contributed by atoms with Gasteiger partial charge in [-0.25, -0.2) is 4.39 Å². The fourth-order valence-corrected chi connectivity index (χ4v) is 3.62. The summed E-state index contributed by atoms with van der Waals surface area (Å²) in [5, 5.41) is 2.59. The molecule has 0 spiro atoms. The number of hydrogen-bond acceptors (Lipinski definition) is 5. The first-order valence-corrected chi connectivity index (χ1v) is 10.9. The molecule has 32 heavy (non-hydrogen) atoms. The van der Waals surface area contributed by atoms with E-state index in [9.17, 15) is 23.6 Å². The molecule has 0 saturated carbocycles. The van der Waals surface area contributed by atoms with Crippen LogP contribution in [-0.2, 0) is 19.1 Å². The van der Waals surface area contributed by atoms with Crippen molar-refractivity contribution in [3.05, 3.63) is 35.6 Å². The molecule has 176 valence electrons. The molecule has 1 saturated heterocycles. The fourth-order valence-electron chi connectivity index (χ4n) is 3.62. The second-order valence-electron chi connectivity index (χ2n) is 8.28. The van der Waals surface area contributed by atoms with Gasteiger partial charge in [-0.05, 0) is 37.8 Å².